The number of para-hydroxylation sites is 1. The Morgan fingerprint density at radius 3 is 2.50 bits per heavy atom. The summed E-state index contributed by atoms with van der Waals surface area (Å²) in [4.78, 5) is 0. The molecule has 2 aromatic carbocycles. The number of methoxy groups -OCH3 is 1. The first-order chi connectivity index (χ1) is 9.69. The number of ether oxygens (including phenoxy) is 2. The number of anilines is 1. The van der Waals surface area contributed by atoms with Gasteiger partial charge in [-0.25, -0.2) is 0 Å². The molecule has 0 bridgehead atoms. The molecule has 0 aromatic heterocycles. The molecule has 1 atom stereocenters. The fraction of sp³-hybridized carbons (Fsp3) is 0.294. The molecule has 0 spiro atoms. The standard InChI is InChI=1S/C17H21NO2/c1-13-9-10-16(17(11-13)19-3)20-14(2)12-18-15-7-5-4-6-8-15/h4-11,14,18H,12H2,1-3H3. The van der Waals surface area contributed by atoms with Crippen LogP contribution in [0.2, 0.25) is 0 Å². The number of nitrogens with one attached hydrogen (secondary N) is 1. The molecular weight excluding hydrogens is 250 g/mol. The molecule has 1 unspecified atom stereocenters. The van der Waals surface area contributed by atoms with Crippen molar-refractivity contribution in [1.29, 1.82) is 0 Å². The number of hydrogen-bond donors (Lipinski definition) is 1. The van der Waals surface area contributed by atoms with Gasteiger partial charge in [-0.05, 0) is 43.7 Å². The third-order valence-electron chi connectivity index (χ3n) is 3.01. The first-order valence-electron chi connectivity index (χ1n) is 6.79. The molecule has 3 heteroatoms. The van der Waals surface area contributed by atoms with Gasteiger partial charge < -0.3 is 14.8 Å². The Kier molecular flexibility index (Phi) is 4.88. The second-order valence-corrected chi connectivity index (χ2v) is 4.83. The van der Waals surface area contributed by atoms with Crippen LogP contribution in [0.25, 0.3) is 0 Å². The number of rotatable bonds is 6. The van der Waals surface area contributed by atoms with Crippen molar-refractivity contribution in [2.24, 2.45) is 0 Å². The summed E-state index contributed by atoms with van der Waals surface area (Å²) < 4.78 is 11.3. The van der Waals surface area contributed by atoms with Crippen molar-refractivity contribution in [1.82, 2.24) is 0 Å². The third kappa shape index (κ3) is 3.92. The van der Waals surface area contributed by atoms with E-state index < -0.39 is 0 Å². The third-order valence-corrected chi connectivity index (χ3v) is 3.01. The molecule has 0 aliphatic rings. The molecule has 20 heavy (non-hydrogen) atoms. The molecule has 0 fully saturated rings. The smallest absolute Gasteiger partial charge is 0.161 e. The molecule has 0 aliphatic carbocycles. The van der Waals surface area contributed by atoms with Gasteiger partial charge >= 0.3 is 0 Å². The van der Waals surface area contributed by atoms with E-state index in [0.29, 0.717) is 0 Å². The molecule has 0 saturated heterocycles. The first kappa shape index (κ1) is 14.3. The largest absolute Gasteiger partial charge is 0.493 e. The van der Waals surface area contributed by atoms with Gasteiger partial charge in [0.1, 0.15) is 6.10 Å². The lowest BCUT2D eigenvalue weighted by Crippen LogP contribution is -2.22. The van der Waals surface area contributed by atoms with Crippen LogP contribution in [0.15, 0.2) is 48.5 Å². The number of hydrogen-bond acceptors (Lipinski definition) is 3. The van der Waals surface area contributed by atoms with E-state index in [4.69, 9.17) is 9.47 Å². The lowest BCUT2D eigenvalue weighted by atomic mass is 10.2. The highest BCUT2D eigenvalue weighted by atomic mass is 16.5. The summed E-state index contributed by atoms with van der Waals surface area (Å²) in [6.45, 7) is 4.81. The van der Waals surface area contributed by atoms with Crippen molar-refractivity contribution in [2.45, 2.75) is 20.0 Å². The highest BCUT2D eigenvalue weighted by Gasteiger charge is 2.09. The van der Waals surface area contributed by atoms with Crippen LogP contribution in [-0.4, -0.2) is 19.8 Å². The molecule has 0 radical (unpaired) electrons. The molecule has 0 heterocycles. The van der Waals surface area contributed by atoms with Crippen LogP contribution >= 0.6 is 0 Å². The van der Waals surface area contributed by atoms with Crippen molar-refractivity contribution in [3.63, 3.8) is 0 Å². The van der Waals surface area contributed by atoms with Crippen LogP contribution < -0.4 is 14.8 Å². The summed E-state index contributed by atoms with van der Waals surface area (Å²) in [5.74, 6) is 1.55. The predicted molar refractivity (Wildman–Crippen MR) is 82.8 cm³/mol. The average Bonchev–Trinajstić information content (AvgIpc) is 2.48. The van der Waals surface area contributed by atoms with Crippen LogP contribution in [0.1, 0.15) is 12.5 Å². The minimum Gasteiger partial charge on any atom is -0.493 e. The molecule has 1 N–H and O–H groups in total. The quantitative estimate of drug-likeness (QED) is 0.864. The van der Waals surface area contributed by atoms with Gasteiger partial charge in [-0.3, -0.25) is 0 Å². The highest BCUT2D eigenvalue weighted by Crippen LogP contribution is 2.28. The monoisotopic (exact) mass is 271 g/mol. The van der Waals surface area contributed by atoms with Crippen molar-refractivity contribution < 1.29 is 9.47 Å². The second kappa shape index (κ2) is 6.85. The highest BCUT2D eigenvalue weighted by molar-refractivity contribution is 5.44. The van der Waals surface area contributed by atoms with Gasteiger partial charge in [-0.2, -0.15) is 0 Å². The van der Waals surface area contributed by atoms with Gasteiger partial charge in [0.15, 0.2) is 11.5 Å². The van der Waals surface area contributed by atoms with Crippen LogP contribution in [0.5, 0.6) is 11.5 Å². The Balaban J connectivity index is 1.93. The van der Waals surface area contributed by atoms with E-state index in [1.165, 1.54) is 0 Å². The van der Waals surface area contributed by atoms with Gasteiger partial charge in [0.2, 0.25) is 0 Å². The van der Waals surface area contributed by atoms with E-state index in [9.17, 15) is 0 Å². The number of aryl methyl sites for hydroxylation is 1. The normalized spacial score (nSPS) is 11.8. The van der Waals surface area contributed by atoms with E-state index in [1.54, 1.807) is 7.11 Å². The molecule has 3 nitrogen and oxygen atoms in total. The predicted octanol–water partition coefficient (Wildman–Crippen LogP) is 3.88. The van der Waals surface area contributed by atoms with E-state index >= 15 is 0 Å². The Labute approximate surface area is 120 Å². The van der Waals surface area contributed by atoms with Crippen molar-refractivity contribution >= 4 is 5.69 Å². The maximum absolute atomic E-state index is 5.93. The molecule has 0 amide bonds. The first-order valence-corrected chi connectivity index (χ1v) is 6.79. The van der Waals surface area contributed by atoms with Gasteiger partial charge in [-0.1, -0.05) is 24.3 Å². The zero-order valence-electron chi connectivity index (χ0n) is 12.2. The van der Waals surface area contributed by atoms with Gasteiger partial charge in [0.25, 0.3) is 0 Å². The van der Waals surface area contributed by atoms with Crippen LogP contribution in [0.3, 0.4) is 0 Å². The van der Waals surface area contributed by atoms with E-state index in [0.717, 1.165) is 29.3 Å². The van der Waals surface area contributed by atoms with Crippen LogP contribution in [0, 0.1) is 6.92 Å². The molecule has 0 aliphatic heterocycles. The summed E-state index contributed by atoms with van der Waals surface area (Å²) in [5.41, 5.74) is 2.25. The topological polar surface area (TPSA) is 30.5 Å². The van der Waals surface area contributed by atoms with Gasteiger partial charge in [-0.15, -0.1) is 0 Å². The van der Waals surface area contributed by atoms with Gasteiger partial charge in [0.05, 0.1) is 13.7 Å². The molecule has 106 valence electrons. The maximum Gasteiger partial charge on any atom is 0.161 e. The van der Waals surface area contributed by atoms with Crippen LogP contribution in [0.4, 0.5) is 5.69 Å². The number of benzene rings is 2. The summed E-state index contributed by atoms with van der Waals surface area (Å²) in [7, 11) is 1.66. The lowest BCUT2D eigenvalue weighted by Gasteiger charge is -2.18. The minimum atomic E-state index is 0.0480. The Bertz CT molecular complexity index is 540. The van der Waals surface area contributed by atoms with Crippen molar-refractivity contribution in [3.05, 3.63) is 54.1 Å². The fourth-order valence-electron chi connectivity index (χ4n) is 1.95. The SMILES string of the molecule is COc1cc(C)ccc1OC(C)CNc1ccccc1. The molecule has 2 aromatic rings. The van der Waals surface area contributed by atoms with E-state index in [-0.39, 0.29) is 6.10 Å². The minimum absolute atomic E-state index is 0.0480. The average molecular weight is 271 g/mol. The Hall–Kier alpha value is -2.16. The van der Waals surface area contributed by atoms with E-state index in [1.807, 2.05) is 62.4 Å². The Morgan fingerprint density at radius 2 is 1.80 bits per heavy atom. The zero-order chi connectivity index (χ0) is 14.4. The molecule has 0 saturated carbocycles. The summed E-state index contributed by atoms with van der Waals surface area (Å²) in [6, 6.07) is 16.1. The second-order valence-electron chi connectivity index (χ2n) is 4.83. The van der Waals surface area contributed by atoms with Crippen LogP contribution in [-0.2, 0) is 0 Å². The summed E-state index contributed by atoms with van der Waals surface area (Å²) in [5, 5.41) is 3.35. The molecule has 2 rings (SSSR count). The fourth-order valence-corrected chi connectivity index (χ4v) is 1.95. The maximum atomic E-state index is 5.93. The van der Waals surface area contributed by atoms with E-state index in [2.05, 4.69) is 5.32 Å². The lowest BCUT2D eigenvalue weighted by molar-refractivity contribution is 0.223. The summed E-state index contributed by atoms with van der Waals surface area (Å²) in [6.07, 6.45) is 0.0480. The van der Waals surface area contributed by atoms with Crippen molar-refractivity contribution in [3.8, 4) is 11.5 Å². The molecular formula is C17H21NO2. The Morgan fingerprint density at radius 1 is 1.05 bits per heavy atom. The zero-order valence-corrected chi connectivity index (χ0v) is 12.2. The van der Waals surface area contributed by atoms with Gasteiger partial charge in [0, 0.05) is 5.69 Å². The summed E-state index contributed by atoms with van der Waals surface area (Å²) >= 11 is 0. The van der Waals surface area contributed by atoms with Crippen molar-refractivity contribution in [2.75, 3.05) is 19.0 Å².